The maximum absolute atomic E-state index is 11.2. The molecule has 0 unspecified atom stereocenters. The molecule has 0 saturated heterocycles. The Kier molecular flexibility index (Phi) is 4.13. The lowest BCUT2D eigenvalue weighted by molar-refractivity contribution is -0.145. The highest BCUT2D eigenvalue weighted by Crippen LogP contribution is 2.28. The van der Waals surface area contributed by atoms with Crippen molar-refractivity contribution in [3.63, 3.8) is 0 Å². The second-order valence-corrected chi connectivity index (χ2v) is 5.75. The van der Waals surface area contributed by atoms with E-state index in [-0.39, 0.29) is 6.61 Å². The van der Waals surface area contributed by atoms with E-state index in [0.717, 1.165) is 19.8 Å². The highest BCUT2D eigenvalue weighted by Gasteiger charge is 2.10. The predicted molar refractivity (Wildman–Crippen MR) is 72.0 cm³/mol. The first kappa shape index (κ1) is 13.2. The Morgan fingerprint density at radius 2 is 2.28 bits per heavy atom. The minimum Gasteiger partial charge on any atom is -0.466 e. The average molecular weight is 331 g/mol. The fraction of sp³-hybridized carbons (Fsp3) is 0.364. The molecule has 0 N–H and O–H groups in total. The van der Waals surface area contributed by atoms with Crippen molar-refractivity contribution in [2.24, 2.45) is 0 Å². The largest absolute Gasteiger partial charge is 0.466 e. The van der Waals surface area contributed by atoms with Crippen molar-refractivity contribution < 1.29 is 14.3 Å². The van der Waals surface area contributed by atoms with Crippen LogP contribution in [0.3, 0.4) is 0 Å². The van der Waals surface area contributed by atoms with Crippen LogP contribution in [0.15, 0.2) is 9.98 Å². The molecule has 0 spiro atoms. The monoisotopic (exact) mass is 330 g/mol. The molecule has 0 saturated carbocycles. The number of halogens is 1. The van der Waals surface area contributed by atoms with E-state index in [1.165, 1.54) is 11.3 Å². The lowest BCUT2D eigenvalue weighted by atomic mass is 10.3. The predicted octanol–water partition coefficient (Wildman–Crippen LogP) is 2.70. The molecule has 0 fully saturated rings. The SMILES string of the molecule is CCOC(=O)COc1cc(C)c2nc(Br)sc2n1. The molecule has 0 aliphatic rings. The van der Waals surface area contributed by atoms with Gasteiger partial charge in [0.1, 0.15) is 10.3 Å². The van der Waals surface area contributed by atoms with Crippen LogP contribution < -0.4 is 4.74 Å². The molecular formula is C11H11BrN2O3S. The third-order valence-electron chi connectivity index (χ3n) is 2.15. The number of thiazole rings is 1. The van der Waals surface area contributed by atoms with Gasteiger partial charge in [-0.2, -0.15) is 0 Å². The molecule has 0 aliphatic carbocycles. The molecule has 0 bridgehead atoms. The third kappa shape index (κ3) is 2.97. The number of hydrogen-bond donors (Lipinski definition) is 0. The fourth-order valence-corrected chi connectivity index (χ4v) is 2.79. The molecule has 2 aromatic heterocycles. The topological polar surface area (TPSA) is 61.3 Å². The average Bonchev–Trinajstić information content (AvgIpc) is 2.68. The van der Waals surface area contributed by atoms with Crippen LogP contribution in [0.5, 0.6) is 5.88 Å². The second-order valence-electron chi connectivity index (χ2n) is 3.49. The number of rotatable bonds is 4. The van der Waals surface area contributed by atoms with Gasteiger partial charge in [0.05, 0.1) is 6.61 Å². The number of ether oxygens (including phenoxy) is 2. The van der Waals surface area contributed by atoms with Gasteiger partial charge in [-0.3, -0.25) is 0 Å². The van der Waals surface area contributed by atoms with Gasteiger partial charge >= 0.3 is 5.97 Å². The summed E-state index contributed by atoms with van der Waals surface area (Å²) in [6, 6.07) is 1.76. The Balaban J connectivity index is 2.16. The van der Waals surface area contributed by atoms with Gasteiger partial charge < -0.3 is 9.47 Å². The highest BCUT2D eigenvalue weighted by atomic mass is 79.9. The molecule has 0 aromatic carbocycles. The lowest BCUT2D eigenvalue weighted by Gasteiger charge is -2.05. The van der Waals surface area contributed by atoms with Gasteiger partial charge in [-0.1, -0.05) is 11.3 Å². The molecule has 18 heavy (non-hydrogen) atoms. The van der Waals surface area contributed by atoms with Crippen LogP contribution in [0.1, 0.15) is 12.5 Å². The fourth-order valence-electron chi connectivity index (χ4n) is 1.41. The number of aromatic nitrogens is 2. The first-order valence-electron chi connectivity index (χ1n) is 5.32. The summed E-state index contributed by atoms with van der Waals surface area (Å²) in [6.45, 7) is 3.88. The maximum Gasteiger partial charge on any atom is 0.344 e. The van der Waals surface area contributed by atoms with Gasteiger partial charge in [0.15, 0.2) is 10.5 Å². The van der Waals surface area contributed by atoms with Crippen LogP contribution in [-0.2, 0) is 9.53 Å². The zero-order valence-corrected chi connectivity index (χ0v) is 12.3. The smallest absolute Gasteiger partial charge is 0.344 e. The minimum atomic E-state index is -0.400. The Hall–Kier alpha value is -1.21. The van der Waals surface area contributed by atoms with Gasteiger partial charge in [0.2, 0.25) is 5.88 Å². The molecule has 2 heterocycles. The van der Waals surface area contributed by atoms with E-state index in [1.807, 2.05) is 6.92 Å². The van der Waals surface area contributed by atoms with E-state index in [1.54, 1.807) is 13.0 Å². The number of esters is 1. The van der Waals surface area contributed by atoms with Crippen LogP contribution in [0.2, 0.25) is 0 Å². The summed E-state index contributed by atoms with van der Waals surface area (Å²) in [4.78, 5) is 20.5. The van der Waals surface area contributed by atoms with Gasteiger partial charge in [-0.15, -0.1) is 0 Å². The summed E-state index contributed by atoms with van der Waals surface area (Å²) in [5.41, 5.74) is 1.80. The van der Waals surface area contributed by atoms with Crippen molar-refractivity contribution in [1.82, 2.24) is 9.97 Å². The summed E-state index contributed by atoms with van der Waals surface area (Å²) < 4.78 is 10.8. The minimum absolute atomic E-state index is 0.133. The molecular weight excluding hydrogens is 320 g/mol. The van der Waals surface area contributed by atoms with Crippen LogP contribution in [0, 0.1) is 6.92 Å². The summed E-state index contributed by atoms with van der Waals surface area (Å²) in [7, 11) is 0. The molecule has 5 nitrogen and oxygen atoms in total. The molecule has 0 amide bonds. The van der Waals surface area contributed by atoms with Crippen molar-refractivity contribution in [2.75, 3.05) is 13.2 Å². The Morgan fingerprint density at radius 3 is 3.00 bits per heavy atom. The zero-order chi connectivity index (χ0) is 13.1. The number of hydrogen-bond acceptors (Lipinski definition) is 6. The molecule has 96 valence electrons. The van der Waals surface area contributed by atoms with Crippen molar-refractivity contribution in [3.8, 4) is 5.88 Å². The van der Waals surface area contributed by atoms with Crippen LogP contribution >= 0.6 is 27.3 Å². The van der Waals surface area contributed by atoms with E-state index in [2.05, 4.69) is 25.9 Å². The highest BCUT2D eigenvalue weighted by molar-refractivity contribution is 9.11. The number of pyridine rings is 1. The molecule has 0 radical (unpaired) electrons. The number of aryl methyl sites for hydroxylation is 1. The first-order valence-corrected chi connectivity index (χ1v) is 6.93. The Labute approximate surface area is 116 Å². The quantitative estimate of drug-likeness (QED) is 0.806. The third-order valence-corrected chi connectivity index (χ3v) is 3.55. The van der Waals surface area contributed by atoms with E-state index in [0.29, 0.717) is 12.5 Å². The molecule has 7 heteroatoms. The van der Waals surface area contributed by atoms with Crippen molar-refractivity contribution >= 4 is 43.6 Å². The van der Waals surface area contributed by atoms with Crippen molar-refractivity contribution in [1.29, 1.82) is 0 Å². The van der Waals surface area contributed by atoms with Gasteiger partial charge in [-0.25, -0.2) is 14.8 Å². The molecule has 0 atom stereocenters. The van der Waals surface area contributed by atoms with Crippen LogP contribution in [0.25, 0.3) is 10.3 Å². The van der Waals surface area contributed by atoms with Crippen molar-refractivity contribution in [2.45, 2.75) is 13.8 Å². The molecule has 0 aliphatic heterocycles. The first-order chi connectivity index (χ1) is 8.60. The summed E-state index contributed by atoms with van der Waals surface area (Å²) >= 11 is 4.74. The Morgan fingerprint density at radius 1 is 1.50 bits per heavy atom. The molecule has 2 aromatic rings. The summed E-state index contributed by atoms with van der Waals surface area (Å²) in [6.07, 6.45) is 0. The Bertz CT molecular complexity index is 585. The summed E-state index contributed by atoms with van der Waals surface area (Å²) in [5, 5.41) is 0. The second kappa shape index (κ2) is 5.62. The number of nitrogens with zero attached hydrogens (tertiary/aromatic N) is 2. The van der Waals surface area contributed by atoms with Gasteiger partial charge in [0, 0.05) is 6.07 Å². The van der Waals surface area contributed by atoms with E-state index < -0.39 is 5.97 Å². The van der Waals surface area contributed by atoms with Crippen molar-refractivity contribution in [3.05, 3.63) is 15.5 Å². The van der Waals surface area contributed by atoms with E-state index >= 15 is 0 Å². The number of carbonyl (C=O) groups excluding carboxylic acids is 1. The number of fused-ring (bicyclic) bond motifs is 1. The molecule has 2 rings (SSSR count). The van der Waals surface area contributed by atoms with Gasteiger partial charge in [0.25, 0.3) is 0 Å². The van der Waals surface area contributed by atoms with E-state index in [4.69, 9.17) is 9.47 Å². The summed E-state index contributed by atoms with van der Waals surface area (Å²) in [5.74, 6) is 0.00624. The van der Waals surface area contributed by atoms with Crippen LogP contribution in [0.4, 0.5) is 0 Å². The van der Waals surface area contributed by atoms with E-state index in [9.17, 15) is 4.79 Å². The number of carbonyl (C=O) groups is 1. The van der Waals surface area contributed by atoms with Gasteiger partial charge in [-0.05, 0) is 35.3 Å². The normalized spacial score (nSPS) is 10.6. The standard InChI is InChI=1S/C11H11BrN2O3S/c1-3-16-8(15)5-17-7-4-6(2)9-10(13-7)18-11(12)14-9/h4H,3,5H2,1-2H3. The zero-order valence-electron chi connectivity index (χ0n) is 9.90. The van der Waals surface area contributed by atoms with Crippen LogP contribution in [-0.4, -0.2) is 29.2 Å². The maximum atomic E-state index is 11.2. The lowest BCUT2D eigenvalue weighted by Crippen LogP contribution is -2.15.